The van der Waals surface area contributed by atoms with Gasteiger partial charge in [-0.1, -0.05) is 26.0 Å². The van der Waals surface area contributed by atoms with Crippen LogP contribution in [0.15, 0.2) is 24.3 Å². The summed E-state index contributed by atoms with van der Waals surface area (Å²) < 4.78 is 1.22. The molecule has 2 nitrogen and oxygen atoms in total. The highest BCUT2D eigenvalue weighted by atomic mass is 32.1. The van der Waals surface area contributed by atoms with Gasteiger partial charge in [0.15, 0.2) is 0 Å². The van der Waals surface area contributed by atoms with Gasteiger partial charge in [-0.25, -0.2) is 4.98 Å². The highest BCUT2D eigenvalue weighted by Crippen LogP contribution is 2.38. The number of para-hydroxylation sites is 1. The number of rotatable bonds is 3. The van der Waals surface area contributed by atoms with Crippen LogP contribution in [0.2, 0.25) is 0 Å². The van der Waals surface area contributed by atoms with Crippen molar-refractivity contribution in [1.82, 2.24) is 4.98 Å². The average molecular weight is 289 g/mol. The molecule has 108 valence electrons. The number of thiazole rings is 1. The molecular formula is C17H23NOS. The van der Waals surface area contributed by atoms with Gasteiger partial charge in [-0.05, 0) is 49.7 Å². The lowest BCUT2D eigenvalue weighted by Crippen LogP contribution is -2.37. The van der Waals surface area contributed by atoms with Gasteiger partial charge in [0, 0.05) is 6.42 Å². The number of aliphatic hydroxyl groups is 1. The molecule has 0 unspecified atom stereocenters. The third-order valence-corrected chi connectivity index (χ3v) is 5.76. The zero-order valence-electron chi connectivity index (χ0n) is 12.3. The first-order valence-electron chi connectivity index (χ1n) is 7.63. The van der Waals surface area contributed by atoms with Crippen LogP contribution in [0, 0.1) is 11.8 Å². The van der Waals surface area contributed by atoms with Crippen LogP contribution >= 0.6 is 11.3 Å². The fraction of sp³-hybridized carbons (Fsp3) is 0.588. The van der Waals surface area contributed by atoms with E-state index in [4.69, 9.17) is 0 Å². The summed E-state index contributed by atoms with van der Waals surface area (Å²) >= 11 is 1.73. The summed E-state index contributed by atoms with van der Waals surface area (Å²) in [4.78, 5) is 4.66. The van der Waals surface area contributed by atoms with Crippen molar-refractivity contribution in [3.05, 3.63) is 29.3 Å². The van der Waals surface area contributed by atoms with Gasteiger partial charge >= 0.3 is 0 Å². The Kier molecular flexibility index (Phi) is 3.83. The lowest BCUT2D eigenvalue weighted by atomic mass is 9.73. The fourth-order valence-corrected chi connectivity index (χ4v) is 4.40. The van der Waals surface area contributed by atoms with Crippen LogP contribution in [0.5, 0.6) is 0 Å². The number of hydrogen-bond acceptors (Lipinski definition) is 3. The molecule has 3 rings (SSSR count). The molecule has 0 spiro atoms. The maximum atomic E-state index is 10.8. The zero-order chi connectivity index (χ0) is 14.2. The van der Waals surface area contributed by atoms with Gasteiger partial charge in [0.2, 0.25) is 0 Å². The molecule has 3 heteroatoms. The normalized spacial score (nSPS) is 27.3. The van der Waals surface area contributed by atoms with Crippen molar-refractivity contribution in [1.29, 1.82) is 0 Å². The van der Waals surface area contributed by atoms with E-state index in [0.29, 0.717) is 0 Å². The molecule has 0 radical (unpaired) electrons. The minimum absolute atomic E-state index is 0.529. The molecule has 0 amide bonds. The molecule has 0 bridgehead atoms. The number of fused-ring (bicyclic) bond motifs is 1. The molecule has 1 N–H and O–H groups in total. The summed E-state index contributed by atoms with van der Waals surface area (Å²) in [5.41, 5.74) is 0.534. The van der Waals surface area contributed by atoms with Crippen molar-refractivity contribution >= 4 is 21.6 Å². The predicted molar refractivity (Wildman–Crippen MR) is 85.1 cm³/mol. The van der Waals surface area contributed by atoms with Crippen molar-refractivity contribution in [2.24, 2.45) is 11.8 Å². The monoisotopic (exact) mass is 289 g/mol. The summed E-state index contributed by atoms with van der Waals surface area (Å²) in [5.74, 6) is 1.52. The van der Waals surface area contributed by atoms with E-state index >= 15 is 0 Å². The van der Waals surface area contributed by atoms with E-state index in [1.54, 1.807) is 11.3 Å². The SMILES string of the molecule is CC(C)C1CCC(O)(Cc2nc3ccccc3s2)CC1. The molecule has 20 heavy (non-hydrogen) atoms. The summed E-state index contributed by atoms with van der Waals surface area (Å²) in [6, 6.07) is 8.23. The van der Waals surface area contributed by atoms with E-state index in [1.807, 2.05) is 12.1 Å². The van der Waals surface area contributed by atoms with Gasteiger partial charge < -0.3 is 5.11 Å². The molecule has 1 aliphatic rings. The van der Waals surface area contributed by atoms with Crippen LogP contribution in [0.25, 0.3) is 10.2 Å². The third kappa shape index (κ3) is 2.89. The van der Waals surface area contributed by atoms with Gasteiger partial charge in [0.05, 0.1) is 20.8 Å². The Hall–Kier alpha value is -0.930. The topological polar surface area (TPSA) is 33.1 Å². The van der Waals surface area contributed by atoms with Gasteiger partial charge in [0.25, 0.3) is 0 Å². The van der Waals surface area contributed by atoms with Crippen LogP contribution in [0.3, 0.4) is 0 Å². The van der Waals surface area contributed by atoms with Gasteiger partial charge in [0.1, 0.15) is 0 Å². The third-order valence-electron chi connectivity index (χ3n) is 4.72. The summed E-state index contributed by atoms with van der Waals surface area (Å²) in [7, 11) is 0. The van der Waals surface area contributed by atoms with Crippen molar-refractivity contribution in [2.75, 3.05) is 0 Å². The second kappa shape index (κ2) is 5.45. The van der Waals surface area contributed by atoms with E-state index in [-0.39, 0.29) is 0 Å². The lowest BCUT2D eigenvalue weighted by Gasteiger charge is -2.37. The molecule has 0 saturated heterocycles. The number of nitrogens with zero attached hydrogens (tertiary/aromatic N) is 1. The smallest absolute Gasteiger partial charge is 0.0967 e. The Morgan fingerprint density at radius 3 is 2.65 bits per heavy atom. The van der Waals surface area contributed by atoms with Crippen LogP contribution in [0.4, 0.5) is 0 Å². The first-order chi connectivity index (χ1) is 9.56. The Morgan fingerprint density at radius 2 is 2.00 bits per heavy atom. The van der Waals surface area contributed by atoms with E-state index in [1.165, 1.54) is 4.70 Å². The maximum Gasteiger partial charge on any atom is 0.0967 e. The molecule has 1 saturated carbocycles. The van der Waals surface area contributed by atoms with Gasteiger partial charge in [-0.15, -0.1) is 11.3 Å². The molecule has 1 aromatic heterocycles. The Bertz CT molecular complexity index is 548. The maximum absolute atomic E-state index is 10.8. The Morgan fingerprint density at radius 1 is 1.30 bits per heavy atom. The molecule has 0 atom stereocenters. The molecule has 1 aromatic carbocycles. The van der Waals surface area contributed by atoms with Crippen molar-refractivity contribution < 1.29 is 5.11 Å². The van der Waals surface area contributed by atoms with Crippen molar-refractivity contribution in [2.45, 2.75) is 51.6 Å². The highest BCUT2D eigenvalue weighted by molar-refractivity contribution is 7.18. The van der Waals surface area contributed by atoms with Crippen molar-refractivity contribution in [3.63, 3.8) is 0 Å². The highest BCUT2D eigenvalue weighted by Gasteiger charge is 2.35. The van der Waals surface area contributed by atoms with Crippen LogP contribution in [0.1, 0.15) is 44.5 Å². The van der Waals surface area contributed by atoms with Crippen molar-refractivity contribution in [3.8, 4) is 0 Å². The van der Waals surface area contributed by atoms with Crippen LogP contribution in [-0.2, 0) is 6.42 Å². The first kappa shape index (κ1) is 14.0. The molecule has 2 aromatic rings. The Balaban J connectivity index is 1.71. The predicted octanol–water partition coefficient (Wildman–Crippen LogP) is 4.42. The van der Waals surface area contributed by atoms with Crippen LogP contribution in [-0.4, -0.2) is 15.7 Å². The zero-order valence-corrected chi connectivity index (χ0v) is 13.1. The quantitative estimate of drug-likeness (QED) is 0.907. The minimum atomic E-state index is -0.529. The molecule has 1 heterocycles. The summed E-state index contributed by atoms with van der Waals surface area (Å²) in [5, 5.41) is 11.9. The number of aromatic nitrogens is 1. The summed E-state index contributed by atoms with van der Waals surface area (Å²) in [6.45, 7) is 4.59. The van der Waals surface area contributed by atoms with E-state index in [9.17, 15) is 5.11 Å². The summed E-state index contributed by atoms with van der Waals surface area (Å²) in [6.07, 6.45) is 4.87. The lowest BCUT2D eigenvalue weighted by molar-refractivity contribution is -0.0146. The van der Waals surface area contributed by atoms with Gasteiger partial charge in [-0.3, -0.25) is 0 Å². The molecule has 0 aliphatic heterocycles. The molecule has 1 fully saturated rings. The largest absolute Gasteiger partial charge is 0.389 e. The second-order valence-corrected chi connectivity index (χ2v) is 7.67. The fourth-order valence-electron chi connectivity index (χ4n) is 3.30. The molecular weight excluding hydrogens is 266 g/mol. The van der Waals surface area contributed by atoms with Gasteiger partial charge in [-0.2, -0.15) is 0 Å². The standard InChI is InChI=1S/C17H23NOS/c1-12(2)13-7-9-17(19,10-8-13)11-16-18-14-5-3-4-6-15(14)20-16/h3-6,12-13,19H,7-11H2,1-2H3. The van der Waals surface area contributed by atoms with E-state index < -0.39 is 5.60 Å². The molecule has 1 aliphatic carbocycles. The van der Waals surface area contributed by atoms with E-state index in [2.05, 4.69) is 31.0 Å². The minimum Gasteiger partial charge on any atom is -0.389 e. The number of benzene rings is 1. The first-order valence-corrected chi connectivity index (χ1v) is 8.44. The van der Waals surface area contributed by atoms with Crippen LogP contribution < -0.4 is 0 Å². The second-order valence-electron chi connectivity index (χ2n) is 6.56. The average Bonchev–Trinajstić information content (AvgIpc) is 2.80. The van der Waals surface area contributed by atoms with E-state index in [0.717, 1.165) is 54.5 Å². The Labute approximate surface area is 124 Å². The number of hydrogen-bond donors (Lipinski definition) is 1.